The molecule has 3 N–H and O–H groups in total. The summed E-state index contributed by atoms with van der Waals surface area (Å²) in [5.41, 5.74) is 2.68. The van der Waals surface area contributed by atoms with Gasteiger partial charge in [0.2, 0.25) is 5.79 Å². The van der Waals surface area contributed by atoms with Gasteiger partial charge in [0.05, 0.1) is 24.4 Å². The fraction of sp³-hybridized carbons (Fsp3) is 0.660. The van der Waals surface area contributed by atoms with Crippen molar-refractivity contribution < 1.29 is 57.8 Å². The number of allylic oxidation sites excluding steroid dienone is 4. The minimum atomic E-state index is -2.52. The molecule has 3 aliphatic heterocycles. The van der Waals surface area contributed by atoms with Crippen LogP contribution in [0.3, 0.4) is 0 Å². The zero-order chi connectivity index (χ0) is 48.6. The number of ketones is 2. The van der Waals surface area contributed by atoms with Crippen LogP contribution in [-0.2, 0) is 42.9 Å². The number of aliphatic hydroxyl groups is 2. The van der Waals surface area contributed by atoms with Gasteiger partial charge >= 0.3 is 5.97 Å². The smallest absolute Gasteiger partial charge is 0.329 e. The van der Waals surface area contributed by atoms with Crippen molar-refractivity contribution in [3.05, 3.63) is 66.4 Å². The van der Waals surface area contributed by atoms with Gasteiger partial charge in [0.15, 0.2) is 0 Å². The number of rotatable bonds is 10. The van der Waals surface area contributed by atoms with Crippen LogP contribution in [0.25, 0.3) is 10.9 Å². The zero-order valence-corrected chi connectivity index (χ0v) is 40.9. The highest BCUT2D eigenvalue weighted by Crippen LogP contribution is 2.40. The lowest BCUT2D eigenvalue weighted by Gasteiger charge is -2.47. The maximum atomic E-state index is 14.6. The number of ether oxygens (including phenoxy) is 6. The van der Waals surface area contributed by atoms with Crippen LogP contribution < -0.4 is 4.74 Å². The van der Waals surface area contributed by atoms with Crippen molar-refractivity contribution in [1.82, 2.24) is 9.88 Å². The van der Waals surface area contributed by atoms with E-state index >= 15 is 0 Å². The molecule has 2 bridgehead atoms. The first-order chi connectivity index (χ1) is 32.0. The molecule has 370 valence electrons. The van der Waals surface area contributed by atoms with E-state index in [4.69, 9.17) is 28.4 Å². The number of carbonyl (C=O) groups excluding carboxylic acids is 4. The van der Waals surface area contributed by atoms with Gasteiger partial charge in [-0.3, -0.25) is 14.4 Å². The molecule has 2 aromatic rings. The lowest BCUT2D eigenvalue weighted by atomic mass is 9.81. The molecule has 1 saturated carbocycles. The van der Waals surface area contributed by atoms with Gasteiger partial charge in [-0.05, 0) is 127 Å². The Kier molecular flexibility index (Phi) is 18.2. The molecule has 1 aliphatic carbocycles. The van der Waals surface area contributed by atoms with Crippen LogP contribution in [0.2, 0.25) is 0 Å². The van der Waals surface area contributed by atoms with E-state index in [1.54, 1.807) is 19.9 Å². The predicted molar refractivity (Wildman–Crippen MR) is 254 cm³/mol. The van der Waals surface area contributed by atoms with E-state index in [-0.39, 0.29) is 55.6 Å². The van der Waals surface area contributed by atoms with Gasteiger partial charge in [-0.1, -0.05) is 44.6 Å². The number of fused-ring (bicyclic) bond motifs is 4. The largest absolute Gasteiger partial charge is 0.488 e. The van der Waals surface area contributed by atoms with Crippen molar-refractivity contribution in [2.24, 2.45) is 29.6 Å². The molecule has 1 aromatic carbocycles. The molecule has 0 spiro atoms. The van der Waals surface area contributed by atoms with Gasteiger partial charge in [0.25, 0.3) is 11.7 Å². The summed E-state index contributed by atoms with van der Waals surface area (Å²) in [5, 5.41) is 25.1. The summed E-state index contributed by atoms with van der Waals surface area (Å²) in [4.78, 5) is 61.9. The van der Waals surface area contributed by atoms with E-state index in [1.165, 1.54) is 19.1 Å². The number of nitrogens with one attached hydrogen (secondary N) is 1. The number of Topliss-reactive ketones (excluding diaryl/α,β-unsaturated/α-hetero) is 2. The molecule has 6 rings (SSSR count). The SMILES string of the molecule is C=CCC1C=C(C)CC(C)CC(OC)C2OC(O)(C(=O)C(=O)N3CCCCC3C(=O)OC(C(C)=CC3CCC(Oc4ccc5[nH]ccc5c4)C(OCC)C3)C(C)C(O)CC1=O)C(C)CC2OC. The highest BCUT2D eigenvalue weighted by atomic mass is 16.7. The topological polar surface area (TPSA) is 183 Å². The van der Waals surface area contributed by atoms with Crippen LogP contribution in [-0.4, -0.2) is 125 Å². The lowest BCUT2D eigenvalue weighted by molar-refractivity contribution is -0.302. The Morgan fingerprint density at radius 1 is 0.970 bits per heavy atom. The van der Waals surface area contributed by atoms with Crippen LogP contribution in [0.5, 0.6) is 5.75 Å². The Hall–Kier alpha value is -4.18. The lowest BCUT2D eigenvalue weighted by Crippen LogP contribution is -2.64. The van der Waals surface area contributed by atoms with E-state index in [1.807, 2.05) is 64.2 Å². The Morgan fingerprint density at radius 2 is 1.72 bits per heavy atom. The third-order valence-electron chi connectivity index (χ3n) is 14.7. The molecule has 14 unspecified atom stereocenters. The first-order valence-corrected chi connectivity index (χ1v) is 24.6. The van der Waals surface area contributed by atoms with Crippen molar-refractivity contribution >= 4 is 34.3 Å². The number of nitrogens with zero attached hydrogens (tertiary/aromatic N) is 1. The van der Waals surface area contributed by atoms with E-state index in [9.17, 15) is 29.4 Å². The normalized spacial score (nSPS) is 35.9. The van der Waals surface area contributed by atoms with Gasteiger partial charge in [-0.15, -0.1) is 6.58 Å². The molecule has 14 atom stereocenters. The van der Waals surface area contributed by atoms with Crippen molar-refractivity contribution in [2.75, 3.05) is 27.4 Å². The number of aromatic amines is 1. The van der Waals surface area contributed by atoms with Gasteiger partial charge in [-0.2, -0.15) is 0 Å². The first kappa shape index (κ1) is 52.2. The van der Waals surface area contributed by atoms with E-state index in [2.05, 4.69) is 17.6 Å². The Morgan fingerprint density at radius 3 is 2.43 bits per heavy atom. The Balaban J connectivity index is 1.32. The molecule has 4 aliphatic rings. The number of methoxy groups -OCH3 is 2. The Bertz CT molecular complexity index is 2100. The molecule has 2 saturated heterocycles. The average molecular weight is 933 g/mol. The van der Waals surface area contributed by atoms with Crippen molar-refractivity contribution in [3.63, 3.8) is 0 Å². The van der Waals surface area contributed by atoms with E-state index in [0.29, 0.717) is 57.1 Å². The third kappa shape index (κ3) is 12.4. The highest BCUT2D eigenvalue weighted by Gasteiger charge is 2.56. The molecular formula is C53H76N2O12. The molecule has 4 heterocycles. The summed E-state index contributed by atoms with van der Waals surface area (Å²) in [6, 6.07) is 6.83. The van der Waals surface area contributed by atoms with Crippen LogP contribution in [0.15, 0.2) is 66.4 Å². The van der Waals surface area contributed by atoms with Gasteiger partial charge in [0, 0.05) is 68.6 Å². The molecule has 3 fully saturated rings. The van der Waals surface area contributed by atoms with Crippen LogP contribution in [0, 0.1) is 29.6 Å². The number of aliphatic hydroxyl groups excluding tert-OH is 1. The number of hydrogen-bond donors (Lipinski definition) is 3. The second-order valence-corrected chi connectivity index (χ2v) is 19.8. The van der Waals surface area contributed by atoms with Crippen molar-refractivity contribution in [1.29, 1.82) is 0 Å². The third-order valence-corrected chi connectivity index (χ3v) is 14.7. The van der Waals surface area contributed by atoms with Gasteiger partial charge in [0.1, 0.15) is 35.9 Å². The first-order valence-electron chi connectivity index (χ1n) is 24.6. The fourth-order valence-corrected chi connectivity index (χ4v) is 11.0. The molecular weight excluding hydrogens is 857 g/mol. The maximum absolute atomic E-state index is 14.6. The number of cyclic esters (lactones) is 1. The summed E-state index contributed by atoms with van der Waals surface area (Å²) >= 11 is 0. The predicted octanol–water partition coefficient (Wildman–Crippen LogP) is 7.60. The van der Waals surface area contributed by atoms with Crippen molar-refractivity contribution in [3.8, 4) is 5.75 Å². The van der Waals surface area contributed by atoms with Crippen LogP contribution in [0.1, 0.15) is 112 Å². The minimum Gasteiger partial charge on any atom is -0.488 e. The summed E-state index contributed by atoms with van der Waals surface area (Å²) in [6.07, 6.45) is 7.83. The monoisotopic (exact) mass is 933 g/mol. The van der Waals surface area contributed by atoms with Crippen LogP contribution >= 0.6 is 0 Å². The van der Waals surface area contributed by atoms with Crippen LogP contribution in [0.4, 0.5) is 0 Å². The molecule has 1 amide bonds. The van der Waals surface area contributed by atoms with Gasteiger partial charge in [-0.25, -0.2) is 4.79 Å². The highest BCUT2D eigenvalue weighted by molar-refractivity contribution is 6.39. The molecule has 14 nitrogen and oxygen atoms in total. The van der Waals surface area contributed by atoms with E-state index in [0.717, 1.165) is 28.6 Å². The quantitative estimate of drug-likeness (QED) is 0.121. The molecule has 0 radical (unpaired) electrons. The standard InChI is InChI=1S/C53H76N2O12/c1-10-14-38-24-31(3)23-32(4)25-46(62-8)49-47(63-9)27-34(6)53(61,67-49)50(58)51(59)55-22-13-12-15-41(55)52(60)66-48(35(7)42(56)30-43(38)57)33(5)26-36-16-19-44(45(28-36)64-11-2)65-39-17-18-40-37(29-39)20-21-54-40/h10,17-18,20-21,24,26,29,32,34-36,38,41-42,44-49,54,56,61H,1,11-16,19,22-23,25,27-28,30H2,2-9H3. The number of benzene rings is 1. The Labute approximate surface area is 396 Å². The fourth-order valence-electron chi connectivity index (χ4n) is 11.0. The second-order valence-electron chi connectivity index (χ2n) is 19.8. The second kappa shape index (κ2) is 23.4. The number of aromatic nitrogens is 1. The zero-order valence-electron chi connectivity index (χ0n) is 40.9. The van der Waals surface area contributed by atoms with E-state index < -0.39 is 77.8 Å². The average Bonchev–Trinajstić information content (AvgIpc) is 3.78. The number of amides is 1. The van der Waals surface area contributed by atoms with Gasteiger partial charge < -0.3 is 48.5 Å². The summed E-state index contributed by atoms with van der Waals surface area (Å²) < 4.78 is 37.3. The molecule has 1 aromatic heterocycles. The summed E-state index contributed by atoms with van der Waals surface area (Å²) in [5.74, 6) is -6.97. The number of piperidine rings is 1. The molecule has 14 heteroatoms. The number of H-pyrrole nitrogens is 1. The summed E-state index contributed by atoms with van der Waals surface area (Å²) in [7, 11) is 3.07. The van der Waals surface area contributed by atoms with Crippen molar-refractivity contribution in [2.45, 2.75) is 167 Å². The number of hydrogen-bond acceptors (Lipinski definition) is 12. The minimum absolute atomic E-state index is 0.00493. The number of carbonyl (C=O) groups is 4. The summed E-state index contributed by atoms with van der Waals surface area (Å²) in [6.45, 7) is 15.7. The molecule has 67 heavy (non-hydrogen) atoms. The number of esters is 1. The maximum Gasteiger partial charge on any atom is 0.329 e.